The van der Waals surface area contributed by atoms with Gasteiger partial charge in [0.05, 0.1) is 11.4 Å². The quantitative estimate of drug-likeness (QED) is 0.480. The molecule has 8 heteroatoms. The van der Waals surface area contributed by atoms with Crippen molar-refractivity contribution in [3.8, 4) is 0 Å². The Balaban J connectivity index is 1.30. The van der Waals surface area contributed by atoms with Crippen LogP contribution in [0.5, 0.6) is 0 Å². The Morgan fingerprint density at radius 3 is 1.94 bits per heavy atom. The third-order valence-electron chi connectivity index (χ3n) is 6.48. The zero-order valence-corrected chi connectivity index (χ0v) is 19.2. The largest absolute Gasteiger partial charge is 0.295 e. The number of piperazine rings is 1. The van der Waals surface area contributed by atoms with Crippen LogP contribution in [0, 0.1) is 13.8 Å². The Morgan fingerprint density at radius 2 is 1.39 bits per heavy atom. The first-order valence-corrected chi connectivity index (χ1v) is 11.3. The molecule has 8 nitrogen and oxygen atoms in total. The van der Waals surface area contributed by atoms with E-state index in [-0.39, 0.29) is 11.1 Å². The highest BCUT2D eigenvalue weighted by molar-refractivity contribution is 5.47. The molecule has 1 aliphatic rings. The fourth-order valence-corrected chi connectivity index (χ4v) is 4.67. The van der Waals surface area contributed by atoms with Crippen molar-refractivity contribution in [1.82, 2.24) is 28.6 Å². The van der Waals surface area contributed by atoms with E-state index in [1.807, 2.05) is 38.1 Å². The number of pyridine rings is 2. The summed E-state index contributed by atoms with van der Waals surface area (Å²) in [6, 6.07) is 11.2. The van der Waals surface area contributed by atoms with Gasteiger partial charge in [-0.1, -0.05) is 12.1 Å². The Hall–Kier alpha value is -3.36. The van der Waals surface area contributed by atoms with Gasteiger partial charge in [0.15, 0.2) is 0 Å². The van der Waals surface area contributed by atoms with E-state index in [4.69, 9.17) is 9.97 Å². The highest BCUT2D eigenvalue weighted by atomic mass is 16.1. The van der Waals surface area contributed by atoms with E-state index in [0.29, 0.717) is 19.1 Å². The second-order valence-electron chi connectivity index (χ2n) is 9.00. The van der Waals surface area contributed by atoms with E-state index >= 15 is 0 Å². The summed E-state index contributed by atoms with van der Waals surface area (Å²) in [5.41, 5.74) is 4.92. The van der Waals surface area contributed by atoms with E-state index in [0.717, 1.165) is 53.4 Å². The fraction of sp³-hybridized carbons (Fsp3) is 0.360. The summed E-state index contributed by atoms with van der Waals surface area (Å²) >= 11 is 0. The SMILES string of the molecule is Cc1cccn2c(=O)cc(CN3CCN(Cc4cc(=O)n5cccc(C)c5n4)C(C)C3)nc12. The molecule has 1 unspecified atom stereocenters. The first-order chi connectivity index (χ1) is 15.9. The molecule has 1 atom stereocenters. The molecule has 5 heterocycles. The molecule has 0 aromatic carbocycles. The zero-order chi connectivity index (χ0) is 23.1. The van der Waals surface area contributed by atoms with Gasteiger partial charge in [-0.2, -0.15) is 0 Å². The van der Waals surface area contributed by atoms with Gasteiger partial charge in [0.2, 0.25) is 0 Å². The van der Waals surface area contributed by atoms with Crippen molar-refractivity contribution in [3.63, 3.8) is 0 Å². The van der Waals surface area contributed by atoms with Crippen LogP contribution in [0.25, 0.3) is 11.3 Å². The predicted octanol–water partition coefficient (Wildman–Crippen LogP) is 2.03. The van der Waals surface area contributed by atoms with Crippen LogP contribution in [0.2, 0.25) is 0 Å². The van der Waals surface area contributed by atoms with Crippen molar-refractivity contribution in [2.75, 3.05) is 19.6 Å². The molecule has 4 aromatic rings. The van der Waals surface area contributed by atoms with E-state index in [1.165, 1.54) is 0 Å². The highest BCUT2D eigenvalue weighted by Gasteiger charge is 2.25. The van der Waals surface area contributed by atoms with Gasteiger partial charge in [-0.3, -0.25) is 28.2 Å². The molecule has 0 saturated carbocycles. The molecule has 4 aromatic heterocycles. The number of aromatic nitrogens is 4. The average molecular weight is 445 g/mol. The Labute approximate surface area is 191 Å². The van der Waals surface area contributed by atoms with Crippen molar-refractivity contribution in [2.45, 2.75) is 39.9 Å². The third kappa shape index (κ3) is 4.19. The second-order valence-corrected chi connectivity index (χ2v) is 9.00. The maximum absolute atomic E-state index is 12.5. The molecule has 0 radical (unpaired) electrons. The van der Waals surface area contributed by atoms with Crippen molar-refractivity contribution in [2.24, 2.45) is 0 Å². The topological polar surface area (TPSA) is 75.2 Å². The minimum absolute atomic E-state index is 0.0469. The molecule has 0 aliphatic carbocycles. The van der Waals surface area contributed by atoms with Gasteiger partial charge in [0.1, 0.15) is 11.3 Å². The smallest absolute Gasteiger partial charge is 0.258 e. The first-order valence-electron chi connectivity index (χ1n) is 11.3. The standard InChI is InChI=1S/C25H28N6O2/c1-17-6-4-8-30-22(32)12-20(26-24(17)30)15-28-10-11-29(19(3)14-28)16-21-13-23(33)31-9-5-7-18(2)25(31)27-21/h4-9,12-13,19H,10-11,14-16H2,1-3H3. The van der Waals surface area contributed by atoms with Crippen LogP contribution in [0.4, 0.5) is 0 Å². The number of aryl methyl sites for hydroxylation is 2. The van der Waals surface area contributed by atoms with Gasteiger partial charge in [-0.15, -0.1) is 0 Å². The average Bonchev–Trinajstić information content (AvgIpc) is 2.77. The molecular formula is C25H28N6O2. The minimum Gasteiger partial charge on any atom is -0.295 e. The van der Waals surface area contributed by atoms with Crippen LogP contribution in [-0.2, 0) is 13.1 Å². The van der Waals surface area contributed by atoms with Crippen LogP contribution in [0.1, 0.15) is 29.4 Å². The van der Waals surface area contributed by atoms with E-state index in [2.05, 4.69) is 16.7 Å². The van der Waals surface area contributed by atoms with Crippen molar-refractivity contribution in [1.29, 1.82) is 0 Å². The predicted molar refractivity (Wildman–Crippen MR) is 128 cm³/mol. The van der Waals surface area contributed by atoms with Crippen molar-refractivity contribution < 1.29 is 0 Å². The Bertz CT molecular complexity index is 1460. The maximum atomic E-state index is 12.5. The van der Waals surface area contributed by atoms with Crippen LogP contribution in [0.15, 0.2) is 58.4 Å². The molecule has 170 valence electrons. The molecule has 1 aliphatic heterocycles. The van der Waals surface area contributed by atoms with Gasteiger partial charge in [0, 0.05) is 63.3 Å². The van der Waals surface area contributed by atoms with Gasteiger partial charge in [0.25, 0.3) is 11.1 Å². The summed E-state index contributed by atoms with van der Waals surface area (Å²) in [7, 11) is 0. The van der Waals surface area contributed by atoms with E-state index < -0.39 is 0 Å². The monoisotopic (exact) mass is 444 g/mol. The lowest BCUT2D eigenvalue weighted by Gasteiger charge is -2.39. The molecule has 1 saturated heterocycles. The molecule has 0 bridgehead atoms. The van der Waals surface area contributed by atoms with Gasteiger partial charge in [-0.25, -0.2) is 9.97 Å². The lowest BCUT2D eigenvalue weighted by atomic mass is 10.1. The molecule has 1 fully saturated rings. The number of rotatable bonds is 4. The van der Waals surface area contributed by atoms with E-state index in [9.17, 15) is 9.59 Å². The summed E-state index contributed by atoms with van der Waals surface area (Å²) in [6.45, 7) is 10.0. The van der Waals surface area contributed by atoms with Crippen LogP contribution in [0.3, 0.4) is 0 Å². The number of nitrogens with zero attached hydrogens (tertiary/aromatic N) is 6. The highest BCUT2D eigenvalue weighted by Crippen LogP contribution is 2.16. The van der Waals surface area contributed by atoms with Gasteiger partial charge < -0.3 is 0 Å². The van der Waals surface area contributed by atoms with Crippen LogP contribution in [-0.4, -0.2) is 54.2 Å². The normalized spacial score (nSPS) is 17.7. The van der Waals surface area contributed by atoms with Gasteiger partial charge in [-0.05, 0) is 44.0 Å². The minimum atomic E-state index is -0.0473. The van der Waals surface area contributed by atoms with Crippen molar-refractivity contribution in [3.05, 3.63) is 92.0 Å². The fourth-order valence-electron chi connectivity index (χ4n) is 4.67. The van der Waals surface area contributed by atoms with Crippen LogP contribution >= 0.6 is 0 Å². The Morgan fingerprint density at radius 1 is 0.848 bits per heavy atom. The molecule has 5 rings (SSSR count). The Kier molecular flexibility index (Phi) is 5.55. The molecule has 0 amide bonds. The zero-order valence-electron chi connectivity index (χ0n) is 19.2. The van der Waals surface area contributed by atoms with E-state index in [1.54, 1.807) is 33.3 Å². The molecule has 0 N–H and O–H groups in total. The van der Waals surface area contributed by atoms with Crippen molar-refractivity contribution >= 4 is 11.3 Å². The van der Waals surface area contributed by atoms with Gasteiger partial charge >= 0.3 is 0 Å². The summed E-state index contributed by atoms with van der Waals surface area (Å²) in [5.74, 6) is 0. The summed E-state index contributed by atoms with van der Waals surface area (Å²) in [6.07, 6.45) is 3.52. The molecular weight excluding hydrogens is 416 g/mol. The summed E-state index contributed by atoms with van der Waals surface area (Å²) in [4.78, 5) is 39.3. The number of hydrogen-bond acceptors (Lipinski definition) is 6. The lowest BCUT2D eigenvalue weighted by Crippen LogP contribution is -2.51. The number of fused-ring (bicyclic) bond motifs is 2. The molecule has 33 heavy (non-hydrogen) atoms. The third-order valence-corrected chi connectivity index (χ3v) is 6.48. The number of hydrogen-bond donors (Lipinski definition) is 0. The maximum Gasteiger partial charge on any atom is 0.258 e. The molecule has 0 spiro atoms. The summed E-state index contributed by atoms with van der Waals surface area (Å²) in [5, 5.41) is 0. The van der Waals surface area contributed by atoms with Crippen LogP contribution < -0.4 is 11.1 Å². The lowest BCUT2D eigenvalue weighted by molar-refractivity contribution is 0.0716. The summed E-state index contributed by atoms with van der Waals surface area (Å²) < 4.78 is 3.20. The second kappa shape index (κ2) is 8.53. The first kappa shape index (κ1) is 21.5.